The number of nitrogens with one attached hydrogen (secondary N) is 1. The maximum Gasteiger partial charge on any atom is 0.174 e. The lowest BCUT2D eigenvalue weighted by Crippen LogP contribution is -2.17. The highest BCUT2D eigenvalue weighted by Gasteiger charge is 2.04. The molecule has 0 aliphatic carbocycles. The van der Waals surface area contributed by atoms with Gasteiger partial charge in [0.05, 0.1) is 0 Å². The molecule has 0 aliphatic rings. The first kappa shape index (κ1) is 14.1. The van der Waals surface area contributed by atoms with Gasteiger partial charge in [0.2, 0.25) is 0 Å². The number of benzene rings is 2. The third kappa shape index (κ3) is 4.11. The molecule has 2 aromatic carbocycles. The minimum absolute atomic E-state index is 0.0807. The second kappa shape index (κ2) is 7.32. The van der Waals surface area contributed by atoms with E-state index in [0.29, 0.717) is 6.04 Å². The smallest absolute Gasteiger partial charge is 0.174 e. The summed E-state index contributed by atoms with van der Waals surface area (Å²) in [6.07, 6.45) is 0. The van der Waals surface area contributed by atoms with Crippen molar-refractivity contribution in [3.05, 3.63) is 65.7 Å². The molecule has 2 rings (SSSR count). The van der Waals surface area contributed by atoms with Gasteiger partial charge in [-0.1, -0.05) is 42.5 Å². The molecular formula is C17H18N2O. The molecule has 102 valence electrons. The van der Waals surface area contributed by atoms with E-state index in [1.165, 1.54) is 5.56 Å². The molecule has 0 fully saturated rings. The molecule has 0 saturated heterocycles. The Hall–Kier alpha value is -2.31. The number of hydrogen-bond donors (Lipinski definition) is 1. The van der Waals surface area contributed by atoms with Gasteiger partial charge in [-0.25, -0.2) is 0 Å². The summed E-state index contributed by atoms with van der Waals surface area (Å²) in [6.45, 7) is 2.99. The minimum Gasteiger partial charge on any atom is -0.479 e. The molecule has 2 aromatic rings. The molecule has 1 unspecified atom stereocenters. The molecular weight excluding hydrogens is 248 g/mol. The Morgan fingerprint density at radius 3 is 2.70 bits per heavy atom. The van der Waals surface area contributed by atoms with Crippen molar-refractivity contribution in [1.82, 2.24) is 5.32 Å². The molecule has 1 N–H and O–H groups in total. The number of nitrogens with zero attached hydrogens (tertiary/aromatic N) is 1. The molecule has 3 nitrogen and oxygen atoms in total. The summed E-state index contributed by atoms with van der Waals surface area (Å²) in [5.74, 6) is 0.734. The van der Waals surface area contributed by atoms with E-state index in [1.54, 1.807) is 0 Å². The summed E-state index contributed by atoms with van der Waals surface area (Å²) in [4.78, 5) is 0. The van der Waals surface area contributed by atoms with Crippen LogP contribution in [-0.4, -0.2) is 6.61 Å². The Bertz CT molecular complexity index is 575. The standard InChI is InChI=1S/C17H18N2O/c1-14(16-7-3-2-4-8-16)19-13-15-6-5-9-17(12-15)20-11-10-18/h2-9,12,14,19H,11,13H2,1H3. The summed E-state index contributed by atoms with van der Waals surface area (Å²) < 4.78 is 5.30. The van der Waals surface area contributed by atoms with E-state index in [0.717, 1.165) is 17.9 Å². The van der Waals surface area contributed by atoms with Crippen LogP contribution in [0.15, 0.2) is 54.6 Å². The van der Waals surface area contributed by atoms with Crippen molar-refractivity contribution in [2.75, 3.05) is 6.61 Å². The first-order chi connectivity index (χ1) is 9.79. The van der Waals surface area contributed by atoms with Crippen LogP contribution in [0, 0.1) is 11.3 Å². The van der Waals surface area contributed by atoms with E-state index in [2.05, 4.69) is 24.4 Å². The minimum atomic E-state index is 0.0807. The van der Waals surface area contributed by atoms with E-state index < -0.39 is 0 Å². The average molecular weight is 266 g/mol. The predicted molar refractivity (Wildman–Crippen MR) is 79.2 cm³/mol. The lowest BCUT2D eigenvalue weighted by Gasteiger charge is -2.14. The van der Waals surface area contributed by atoms with Crippen LogP contribution in [0.5, 0.6) is 5.75 Å². The molecule has 0 aromatic heterocycles. The van der Waals surface area contributed by atoms with E-state index in [1.807, 2.05) is 48.5 Å². The summed E-state index contributed by atoms with van der Waals surface area (Å²) in [6, 6.07) is 20.4. The van der Waals surface area contributed by atoms with Crippen molar-refractivity contribution in [1.29, 1.82) is 5.26 Å². The zero-order chi connectivity index (χ0) is 14.2. The van der Waals surface area contributed by atoms with Gasteiger partial charge in [0.1, 0.15) is 11.8 Å². The van der Waals surface area contributed by atoms with Crippen molar-refractivity contribution in [2.24, 2.45) is 0 Å². The summed E-state index contributed by atoms with van der Waals surface area (Å²) in [5, 5.41) is 12.0. The van der Waals surface area contributed by atoms with Crippen molar-refractivity contribution >= 4 is 0 Å². The Labute approximate surface area is 119 Å². The van der Waals surface area contributed by atoms with Crippen LogP contribution in [0.4, 0.5) is 0 Å². The molecule has 0 amide bonds. The zero-order valence-electron chi connectivity index (χ0n) is 11.5. The van der Waals surface area contributed by atoms with Crippen LogP contribution in [0.2, 0.25) is 0 Å². The van der Waals surface area contributed by atoms with E-state index in [4.69, 9.17) is 10.00 Å². The van der Waals surface area contributed by atoms with Gasteiger partial charge in [0.15, 0.2) is 6.61 Å². The highest BCUT2D eigenvalue weighted by atomic mass is 16.5. The number of hydrogen-bond acceptors (Lipinski definition) is 3. The highest BCUT2D eigenvalue weighted by Crippen LogP contribution is 2.15. The van der Waals surface area contributed by atoms with Crippen molar-refractivity contribution in [3.63, 3.8) is 0 Å². The lowest BCUT2D eigenvalue weighted by atomic mass is 10.1. The maximum atomic E-state index is 8.51. The van der Waals surface area contributed by atoms with E-state index >= 15 is 0 Å². The summed E-state index contributed by atoms with van der Waals surface area (Å²) >= 11 is 0. The number of nitriles is 1. The van der Waals surface area contributed by atoms with Gasteiger partial charge < -0.3 is 10.1 Å². The van der Waals surface area contributed by atoms with Crippen LogP contribution in [0.1, 0.15) is 24.1 Å². The highest BCUT2D eigenvalue weighted by molar-refractivity contribution is 5.29. The van der Waals surface area contributed by atoms with Gasteiger partial charge in [0.25, 0.3) is 0 Å². The Morgan fingerprint density at radius 2 is 1.95 bits per heavy atom. The molecule has 0 bridgehead atoms. The lowest BCUT2D eigenvalue weighted by molar-refractivity contribution is 0.367. The third-order valence-corrected chi connectivity index (χ3v) is 3.11. The molecule has 0 radical (unpaired) electrons. The number of ether oxygens (including phenoxy) is 1. The van der Waals surface area contributed by atoms with Crippen LogP contribution in [0.3, 0.4) is 0 Å². The van der Waals surface area contributed by atoms with E-state index in [9.17, 15) is 0 Å². The Kier molecular flexibility index (Phi) is 5.16. The molecule has 0 heterocycles. The van der Waals surface area contributed by atoms with Gasteiger partial charge in [-0.3, -0.25) is 0 Å². The fraction of sp³-hybridized carbons (Fsp3) is 0.235. The van der Waals surface area contributed by atoms with E-state index in [-0.39, 0.29) is 6.61 Å². The summed E-state index contributed by atoms with van der Waals surface area (Å²) in [7, 11) is 0. The normalized spacial score (nSPS) is 11.6. The second-order valence-electron chi connectivity index (χ2n) is 4.61. The first-order valence-corrected chi connectivity index (χ1v) is 6.66. The van der Waals surface area contributed by atoms with Gasteiger partial charge in [0, 0.05) is 12.6 Å². The fourth-order valence-electron chi connectivity index (χ4n) is 1.99. The molecule has 20 heavy (non-hydrogen) atoms. The summed E-state index contributed by atoms with van der Waals surface area (Å²) in [5.41, 5.74) is 2.41. The van der Waals surface area contributed by atoms with Crippen molar-refractivity contribution in [3.8, 4) is 11.8 Å². The van der Waals surface area contributed by atoms with Gasteiger partial charge >= 0.3 is 0 Å². The second-order valence-corrected chi connectivity index (χ2v) is 4.61. The molecule has 3 heteroatoms. The predicted octanol–water partition coefficient (Wildman–Crippen LogP) is 3.44. The molecule has 0 saturated carbocycles. The van der Waals surface area contributed by atoms with Crippen molar-refractivity contribution < 1.29 is 4.74 Å². The zero-order valence-corrected chi connectivity index (χ0v) is 11.5. The Balaban J connectivity index is 1.92. The van der Waals surface area contributed by atoms with Crippen LogP contribution < -0.4 is 10.1 Å². The average Bonchev–Trinajstić information content (AvgIpc) is 2.52. The number of rotatable bonds is 6. The molecule has 0 spiro atoms. The third-order valence-electron chi connectivity index (χ3n) is 3.11. The quantitative estimate of drug-likeness (QED) is 0.871. The van der Waals surface area contributed by atoms with Gasteiger partial charge in [-0.2, -0.15) is 5.26 Å². The van der Waals surface area contributed by atoms with Crippen LogP contribution in [-0.2, 0) is 6.54 Å². The Morgan fingerprint density at radius 1 is 1.15 bits per heavy atom. The van der Waals surface area contributed by atoms with Gasteiger partial charge in [-0.05, 0) is 30.2 Å². The van der Waals surface area contributed by atoms with Gasteiger partial charge in [-0.15, -0.1) is 0 Å². The first-order valence-electron chi connectivity index (χ1n) is 6.66. The van der Waals surface area contributed by atoms with Crippen LogP contribution >= 0.6 is 0 Å². The van der Waals surface area contributed by atoms with Crippen molar-refractivity contribution in [2.45, 2.75) is 19.5 Å². The largest absolute Gasteiger partial charge is 0.479 e. The maximum absolute atomic E-state index is 8.51. The monoisotopic (exact) mass is 266 g/mol. The SMILES string of the molecule is CC(NCc1cccc(OCC#N)c1)c1ccccc1. The van der Waals surface area contributed by atoms with Crippen LogP contribution in [0.25, 0.3) is 0 Å². The molecule has 1 atom stereocenters. The fourth-order valence-corrected chi connectivity index (χ4v) is 1.99. The molecule has 0 aliphatic heterocycles. The topological polar surface area (TPSA) is 45.0 Å².